The zero-order valence-electron chi connectivity index (χ0n) is 11.9. The van der Waals surface area contributed by atoms with E-state index in [4.69, 9.17) is 5.11 Å². The Hall–Kier alpha value is -2.11. The highest BCUT2D eigenvalue weighted by Crippen LogP contribution is 2.27. The molecule has 114 valence electrons. The molecule has 0 saturated heterocycles. The van der Waals surface area contributed by atoms with Crippen LogP contribution < -0.4 is 10.6 Å². The zero-order valence-corrected chi connectivity index (χ0v) is 11.9. The van der Waals surface area contributed by atoms with E-state index in [1.54, 1.807) is 0 Å². The third-order valence-electron chi connectivity index (χ3n) is 3.83. The number of nitrogens with one attached hydrogen (secondary N) is 2. The van der Waals surface area contributed by atoms with E-state index in [-0.39, 0.29) is 16.8 Å². The summed E-state index contributed by atoms with van der Waals surface area (Å²) in [4.78, 5) is 23.1. The van der Waals surface area contributed by atoms with E-state index in [1.807, 2.05) is 6.92 Å². The van der Waals surface area contributed by atoms with Crippen molar-refractivity contribution >= 4 is 17.7 Å². The quantitative estimate of drug-likeness (QED) is 0.799. The van der Waals surface area contributed by atoms with Crippen LogP contribution in [0.4, 0.5) is 14.9 Å². The van der Waals surface area contributed by atoms with E-state index >= 15 is 0 Å². The number of anilines is 1. The maximum absolute atomic E-state index is 13.2. The highest BCUT2D eigenvalue weighted by Gasteiger charge is 2.28. The van der Waals surface area contributed by atoms with Crippen molar-refractivity contribution in [3.8, 4) is 0 Å². The van der Waals surface area contributed by atoms with Crippen LogP contribution in [0.3, 0.4) is 0 Å². The van der Waals surface area contributed by atoms with Crippen molar-refractivity contribution in [2.75, 3.05) is 5.32 Å². The number of aromatic carboxylic acids is 1. The monoisotopic (exact) mass is 294 g/mol. The minimum absolute atomic E-state index is 0.0422. The largest absolute Gasteiger partial charge is 0.478 e. The SMILES string of the molecule is CC1(NC(=O)Nc2cc(F)ccc2C(=O)O)CCCCC1. The highest BCUT2D eigenvalue weighted by molar-refractivity contribution is 6.00. The van der Waals surface area contributed by atoms with Gasteiger partial charge >= 0.3 is 12.0 Å². The molecule has 0 bridgehead atoms. The minimum Gasteiger partial charge on any atom is -0.478 e. The van der Waals surface area contributed by atoms with Gasteiger partial charge in [-0.3, -0.25) is 0 Å². The molecule has 0 radical (unpaired) electrons. The Morgan fingerprint density at radius 1 is 1.24 bits per heavy atom. The van der Waals surface area contributed by atoms with Crippen LogP contribution in [0.1, 0.15) is 49.4 Å². The van der Waals surface area contributed by atoms with Crippen molar-refractivity contribution in [1.82, 2.24) is 5.32 Å². The summed E-state index contributed by atoms with van der Waals surface area (Å²) in [5, 5.41) is 14.3. The van der Waals surface area contributed by atoms with Gasteiger partial charge in [0.2, 0.25) is 0 Å². The molecule has 21 heavy (non-hydrogen) atoms. The number of hydrogen-bond donors (Lipinski definition) is 3. The molecule has 1 saturated carbocycles. The second-order valence-electron chi connectivity index (χ2n) is 5.70. The van der Waals surface area contributed by atoms with E-state index in [0.717, 1.165) is 50.3 Å². The number of hydrogen-bond acceptors (Lipinski definition) is 2. The first-order valence-corrected chi connectivity index (χ1v) is 7.02. The number of urea groups is 1. The first-order chi connectivity index (χ1) is 9.89. The van der Waals surface area contributed by atoms with Gasteiger partial charge in [0.15, 0.2) is 0 Å². The van der Waals surface area contributed by atoms with Gasteiger partial charge in [-0.25, -0.2) is 14.0 Å². The molecule has 1 aliphatic rings. The Morgan fingerprint density at radius 2 is 1.90 bits per heavy atom. The molecular weight excluding hydrogens is 275 g/mol. The average molecular weight is 294 g/mol. The number of amides is 2. The van der Waals surface area contributed by atoms with Gasteiger partial charge in [-0.2, -0.15) is 0 Å². The molecule has 6 heteroatoms. The second-order valence-corrected chi connectivity index (χ2v) is 5.70. The lowest BCUT2D eigenvalue weighted by Gasteiger charge is -2.34. The van der Waals surface area contributed by atoms with Crippen LogP contribution >= 0.6 is 0 Å². The topological polar surface area (TPSA) is 78.4 Å². The molecule has 2 rings (SSSR count). The summed E-state index contributed by atoms with van der Waals surface area (Å²) >= 11 is 0. The highest BCUT2D eigenvalue weighted by atomic mass is 19.1. The second kappa shape index (κ2) is 6.11. The van der Waals surface area contributed by atoms with Crippen molar-refractivity contribution in [2.45, 2.75) is 44.6 Å². The Labute approximate surface area is 122 Å². The lowest BCUT2D eigenvalue weighted by Crippen LogP contribution is -2.49. The maximum atomic E-state index is 13.2. The smallest absolute Gasteiger partial charge is 0.337 e. The average Bonchev–Trinajstić information content (AvgIpc) is 2.38. The first kappa shape index (κ1) is 15.3. The summed E-state index contributed by atoms with van der Waals surface area (Å²) in [5.74, 6) is -1.81. The molecule has 3 N–H and O–H groups in total. The molecular formula is C15H19FN2O3. The predicted molar refractivity (Wildman–Crippen MR) is 77.0 cm³/mol. The Morgan fingerprint density at radius 3 is 2.52 bits per heavy atom. The number of halogens is 1. The van der Waals surface area contributed by atoms with Gasteiger partial charge in [0.05, 0.1) is 11.3 Å². The normalized spacial score (nSPS) is 17.0. The molecule has 5 nitrogen and oxygen atoms in total. The number of carbonyl (C=O) groups excluding carboxylic acids is 1. The molecule has 0 aliphatic heterocycles. The van der Waals surface area contributed by atoms with Gasteiger partial charge in [-0.05, 0) is 38.0 Å². The summed E-state index contributed by atoms with van der Waals surface area (Å²) in [6.45, 7) is 1.97. The fraction of sp³-hybridized carbons (Fsp3) is 0.467. The summed E-state index contributed by atoms with van der Waals surface area (Å²) in [5.41, 5.74) is -0.473. The molecule has 0 aromatic heterocycles. The molecule has 0 atom stereocenters. The summed E-state index contributed by atoms with van der Waals surface area (Å²) in [7, 11) is 0. The van der Waals surface area contributed by atoms with Crippen LogP contribution in [0, 0.1) is 5.82 Å². The van der Waals surface area contributed by atoms with E-state index in [1.165, 1.54) is 0 Å². The predicted octanol–water partition coefficient (Wildman–Crippen LogP) is 3.37. The summed E-state index contributed by atoms with van der Waals surface area (Å²) < 4.78 is 13.2. The number of carboxylic acid groups (broad SMARTS) is 1. The van der Waals surface area contributed by atoms with Crippen molar-refractivity contribution in [3.05, 3.63) is 29.6 Å². The van der Waals surface area contributed by atoms with Crippen molar-refractivity contribution in [3.63, 3.8) is 0 Å². The maximum Gasteiger partial charge on any atom is 0.337 e. The van der Waals surface area contributed by atoms with E-state index in [0.29, 0.717) is 0 Å². The van der Waals surface area contributed by atoms with Crippen LogP contribution in [-0.2, 0) is 0 Å². The number of benzene rings is 1. The molecule has 1 aromatic rings. The molecule has 0 spiro atoms. The van der Waals surface area contributed by atoms with Gasteiger partial charge < -0.3 is 15.7 Å². The van der Waals surface area contributed by atoms with E-state index in [2.05, 4.69) is 10.6 Å². The lowest BCUT2D eigenvalue weighted by molar-refractivity contribution is 0.0698. The molecule has 1 aromatic carbocycles. The lowest BCUT2D eigenvalue weighted by atomic mass is 9.83. The summed E-state index contributed by atoms with van der Waals surface area (Å²) in [6, 6.07) is 2.68. The van der Waals surface area contributed by atoms with Crippen molar-refractivity contribution < 1.29 is 19.1 Å². The van der Waals surface area contributed by atoms with E-state index < -0.39 is 17.8 Å². The van der Waals surface area contributed by atoms with Gasteiger partial charge in [0.25, 0.3) is 0 Å². The van der Waals surface area contributed by atoms with Crippen LogP contribution in [0.2, 0.25) is 0 Å². The molecule has 1 aliphatic carbocycles. The fourth-order valence-electron chi connectivity index (χ4n) is 2.69. The van der Waals surface area contributed by atoms with Gasteiger partial charge in [-0.1, -0.05) is 19.3 Å². The van der Waals surface area contributed by atoms with Gasteiger partial charge in [-0.15, -0.1) is 0 Å². The molecule has 0 unspecified atom stereocenters. The number of carboxylic acids is 1. The Kier molecular flexibility index (Phi) is 4.45. The third-order valence-corrected chi connectivity index (χ3v) is 3.83. The van der Waals surface area contributed by atoms with Crippen LogP contribution in [0.25, 0.3) is 0 Å². The standard InChI is InChI=1S/C15H19FN2O3/c1-15(7-3-2-4-8-15)18-14(21)17-12-9-10(16)5-6-11(12)13(19)20/h5-6,9H,2-4,7-8H2,1H3,(H,19,20)(H2,17,18,21). The van der Waals surface area contributed by atoms with Crippen molar-refractivity contribution in [1.29, 1.82) is 0 Å². The fourth-order valence-corrected chi connectivity index (χ4v) is 2.69. The number of carbonyl (C=O) groups is 2. The van der Waals surface area contributed by atoms with Crippen LogP contribution in [-0.4, -0.2) is 22.6 Å². The first-order valence-electron chi connectivity index (χ1n) is 7.02. The molecule has 0 heterocycles. The minimum atomic E-state index is -1.21. The Bertz CT molecular complexity index is 554. The molecule has 1 fully saturated rings. The third kappa shape index (κ3) is 3.93. The summed E-state index contributed by atoms with van der Waals surface area (Å²) in [6.07, 6.45) is 5.03. The van der Waals surface area contributed by atoms with Crippen LogP contribution in [0.5, 0.6) is 0 Å². The molecule has 2 amide bonds. The van der Waals surface area contributed by atoms with Crippen LogP contribution in [0.15, 0.2) is 18.2 Å². The zero-order chi connectivity index (χ0) is 15.5. The number of rotatable bonds is 3. The van der Waals surface area contributed by atoms with Gasteiger partial charge in [0.1, 0.15) is 5.82 Å². The van der Waals surface area contributed by atoms with Crippen molar-refractivity contribution in [2.24, 2.45) is 0 Å². The van der Waals surface area contributed by atoms with Gasteiger partial charge in [0, 0.05) is 5.54 Å². The van der Waals surface area contributed by atoms with E-state index in [9.17, 15) is 14.0 Å². The Balaban J connectivity index is 2.09.